The van der Waals surface area contributed by atoms with Crippen LogP contribution in [0.4, 0.5) is 0 Å². The van der Waals surface area contributed by atoms with E-state index in [0.29, 0.717) is 12.8 Å². The summed E-state index contributed by atoms with van der Waals surface area (Å²) in [4.78, 5) is 49.0. The predicted octanol–water partition coefficient (Wildman–Crippen LogP) is -0.381. The van der Waals surface area contributed by atoms with Crippen LogP contribution in [0.1, 0.15) is 19.8 Å². The molecule has 0 saturated carbocycles. The molecule has 1 N–H and O–H groups in total. The number of carbonyl (C=O) groups is 4. The SMILES string of the molecule is C#CCNC(=O)COC(=O)[C@H](C)N1C(=O)[C@H]2CC=CC[C@H]2C1=O. The first-order valence-corrected chi connectivity index (χ1v) is 7.36. The Morgan fingerprint density at radius 2 is 1.91 bits per heavy atom. The van der Waals surface area contributed by atoms with Gasteiger partial charge < -0.3 is 10.1 Å². The molecule has 7 nitrogen and oxygen atoms in total. The van der Waals surface area contributed by atoms with E-state index >= 15 is 0 Å². The topological polar surface area (TPSA) is 92.8 Å². The van der Waals surface area contributed by atoms with Gasteiger partial charge in [-0.05, 0) is 19.8 Å². The summed E-state index contributed by atoms with van der Waals surface area (Å²) in [7, 11) is 0. The van der Waals surface area contributed by atoms with Crippen molar-refractivity contribution in [3.63, 3.8) is 0 Å². The number of nitrogens with zero attached hydrogens (tertiary/aromatic N) is 1. The number of likely N-dealkylation sites (tertiary alicyclic amines) is 1. The van der Waals surface area contributed by atoms with Crippen LogP contribution in [0, 0.1) is 24.2 Å². The minimum absolute atomic E-state index is 0.0331. The third-order valence-electron chi connectivity index (χ3n) is 4.00. The lowest BCUT2D eigenvalue weighted by Gasteiger charge is -2.21. The molecule has 7 heteroatoms. The first kappa shape index (κ1) is 16.7. The fraction of sp³-hybridized carbons (Fsp3) is 0.500. The summed E-state index contributed by atoms with van der Waals surface area (Å²) in [5.41, 5.74) is 0. The van der Waals surface area contributed by atoms with E-state index in [1.54, 1.807) is 0 Å². The minimum atomic E-state index is -1.05. The van der Waals surface area contributed by atoms with Gasteiger partial charge in [-0.1, -0.05) is 18.1 Å². The van der Waals surface area contributed by atoms with Crippen molar-refractivity contribution >= 4 is 23.7 Å². The van der Waals surface area contributed by atoms with Crippen LogP contribution < -0.4 is 5.32 Å². The molecule has 1 aliphatic heterocycles. The van der Waals surface area contributed by atoms with Crippen molar-refractivity contribution in [1.82, 2.24) is 10.2 Å². The highest BCUT2D eigenvalue weighted by molar-refractivity contribution is 6.08. The van der Waals surface area contributed by atoms with E-state index in [1.807, 2.05) is 12.2 Å². The number of allylic oxidation sites excluding steroid dienone is 2. The Bertz CT molecular complexity index is 578. The number of amides is 3. The molecule has 0 unspecified atom stereocenters. The molecular weight excluding hydrogens is 300 g/mol. The standard InChI is InChI=1S/C16H18N2O5/c1-3-8-17-13(19)9-23-16(22)10(2)18-14(20)11-6-4-5-7-12(11)15(18)21/h1,4-5,10-12H,6-9H2,2H3,(H,17,19)/t10-,11-,12+/m0/s1. The first-order valence-electron chi connectivity index (χ1n) is 7.36. The van der Waals surface area contributed by atoms with Gasteiger partial charge in [-0.25, -0.2) is 4.79 Å². The van der Waals surface area contributed by atoms with Gasteiger partial charge in [0.15, 0.2) is 6.61 Å². The maximum atomic E-state index is 12.3. The monoisotopic (exact) mass is 318 g/mol. The molecule has 0 radical (unpaired) electrons. The van der Waals surface area contributed by atoms with Gasteiger partial charge in [0.2, 0.25) is 11.8 Å². The second-order valence-corrected chi connectivity index (χ2v) is 5.47. The smallest absolute Gasteiger partial charge is 0.329 e. The van der Waals surface area contributed by atoms with E-state index < -0.39 is 36.4 Å². The van der Waals surface area contributed by atoms with Crippen molar-refractivity contribution in [2.75, 3.05) is 13.2 Å². The molecule has 2 aliphatic rings. The molecule has 122 valence electrons. The lowest BCUT2D eigenvalue weighted by atomic mass is 9.85. The van der Waals surface area contributed by atoms with Crippen molar-refractivity contribution in [1.29, 1.82) is 0 Å². The van der Waals surface area contributed by atoms with E-state index in [-0.39, 0.29) is 18.4 Å². The summed E-state index contributed by atoms with van der Waals surface area (Å²) in [6.45, 7) is 0.948. The van der Waals surface area contributed by atoms with Crippen LogP contribution >= 0.6 is 0 Å². The van der Waals surface area contributed by atoms with E-state index in [1.165, 1.54) is 6.92 Å². The molecule has 1 heterocycles. The highest BCUT2D eigenvalue weighted by Gasteiger charge is 2.50. The van der Waals surface area contributed by atoms with Gasteiger partial charge in [0.25, 0.3) is 5.91 Å². The van der Waals surface area contributed by atoms with Crippen molar-refractivity contribution in [2.24, 2.45) is 11.8 Å². The van der Waals surface area contributed by atoms with Crippen LogP contribution in [-0.2, 0) is 23.9 Å². The van der Waals surface area contributed by atoms with Gasteiger partial charge in [-0.2, -0.15) is 0 Å². The quantitative estimate of drug-likeness (QED) is 0.323. The lowest BCUT2D eigenvalue weighted by molar-refractivity contribution is -0.159. The summed E-state index contributed by atoms with van der Waals surface area (Å²) in [5, 5.41) is 2.35. The fourth-order valence-corrected chi connectivity index (χ4v) is 2.77. The van der Waals surface area contributed by atoms with Crippen LogP contribution in [0.15, 0.2) is 12.2 Å². The molecule has 23 heavy (non-hydrogen) atoms. The number of imide groups is 1. The lowest BCUT2D eigenvalue weighted by Crippen LogP contribution is -2.45. The maximum absolute atomic E-state index is 12.3. The van der Waals surface area contributed by atoms with E-state index in [2.05, 4.69) is 11.2 Å². The first-order chi connectivity index (χ1) is 11.0. The van der Waals surface area contributed by atoms with Gasteiger partial charge in [-0.3, -0.25) is 19.3 Å². The number of fused-ring (bicyclic) bond motifs is 1. The zero-order valence-corrected chi connectivity index (χ0v) is 12.8. The Labute approximate surface area is 134 Å². The molecule has 0 aromatic carbocycles. The number of terminal acetylenes is 1. The maximum Gasteiger partial charge on any atom is 0.329 e. The van der Waals surface area contributed by atoms with Gasteiger partial charge in [0.1, 0.15) is 6.04 Å². The third kappa shape index (κ3) is 3.42. The number of nitrogens with one attached hydrogen (secondary N) is 1. The number of esters is 1. The normalized spacial score (nSPS) is 23.9. The highest BCUT2D eigenvalue weighted by Crippen LogP contribution is 2.36. The number of hydrogen-bond acceptors (Lipinski definition) is 5. The van der Waals surface area contributed by atoms with Crippen LogP contribution in [-0.4, -0.2) is 47.8 Å². The molecule has 1 fully saturated rings. The van der Waals surface area contributed by atoms with Crippen LogP contribution in [0.25, 0.3) is 0 Å². The Kier molecular flexibility index (Phi) is 5.16. The zero-order chi connectivity index (χ0) is 17.0. The van der Waals surface area contributed by atoms with E-state index in [4.69, 9.17) is 11.2 Å². The van der Waals surface area contributed by atoms with Gasteiger partial charge in [0, 0.05) is 0 Å². The zero-order valence-electron chi connectivity index (χ0n) is 12.8. The molecule has 0 spiro atoms. The van der Waals surface area contributed by atoms with Crippen molar-refractivity contribution in [3.8, 4) is 12.3 Å². The number of hydrogen-bond donors (Lipinski definition) is 1. The molecule has 0 aromatic heterocycles. The average Bonchev–Trinajstić information content (AvgIpc) is 2.81. The summed E-state index contributed by atoms with van der Waals surface area (Å²) in [5.74, 6) is -0.635. The van der Waals surface area contributed by atoms with Crippen LogP contribution in [0.2, 0.25) is 0 Å². The Morgan fingerprint density at radius 3 is 2.43 bits per heavy atom. The fourth-order valence-electron chi connectivity index (χ4n) is 2.77. The molecule has 3 atom stereocenters. The van der Waals surface area contributed by atoms with Crippen LogP contribution in [0.5, 0.6) is 0 Å². The van der Waals surface area contributed by atoms with Crippen molar-refractivity contribution in [3.05, 3.63) is 12.2 Å². The minimum Gasteiger partial charge on any atom is -0.454 e. The molecule has 0 aromatic rings. The summed E-state index contributed by atoms with van der Waals surface area (Å²) in [6, 6.07) is -1.05. The van der Waals surface area contributed by atoms with E-state index in [0.717, 1.165) is 4.90 Å². The number of rotatable bonds is 5. The summed E-state index contributed by atoms with van der Waals surface area (Å²) < 4.78 is 4.84. The Balaban J connectivity index is 1.95. The van der Waals surface area contributed by atoms with Gasteiger partial charge in [0.05, 0.1) is 18.4 Å². The average molecular weight is 318 g/mol. The largest absolute Gasteiger partial charge is 0.454 e. The third-order valence-corrected chi connectivity index (χ3v) is 4.00. The molecule has 1 saturated heterocycles. The number of carbonyl (C=O) groups excluding carboxylic acids is 4. The molecule has 1 aliphatic carbocycles. The Morgan fingerprint density at radius 1 is 1.35 bits per heavy atom. The van der Waals surface area contributed by atoms with E-state index in [9.17, 15) is 19.2 Å². The van der Waals surface area contributed by atoms with Crippen molar-refractivity contribution < 1.29 is 23.9 Å². The summed E-state index contributed by atoms with van der Waals surface area (Å²) in [6.07, 6.45) is 9.74. The predicted molar refractivity (Wildman–Crippen MR) is 79.5 cm³/mol. The molecule has 0 bridgehead atoms. The second kappa shape index (κ2) is 7.09. The molecule has 3 amide bonds. The second-order valence-electron chi connectivity index (χ2n) is 5.47. The van der Waals surface area contributed by atoms with Crippen molar-refractivity contribution in [2.45, 2.75) is 25.8 Å². The van der Waals surface area contributed by atoms with Gasteiger partial charge in [-0.15, -0.1) is 6.42 Å². The van der Waals surface area contributed by atoms with Gasteiger partial charge >= 0.3 is 5.97 Å². The highest BCUT2D eigenvalue weighted by atomic mass is 16.5. The molecular formula is C16H18N2O5. The van der Waals surface area contributed by atoms with Crippen LogP contribution in [0.3, 0.4) is 0 Å². The molecule has 2 rings (SSSR count). The Hall–Kier alpha value is -2.62. The summed E-state index contributed by atoms with van der Waals surface area (Å²) >= 11 is 0. The number of ether oxygens (including phenoxy) is 1.